The highest BCUT2D eigenvalue weighted by molar-refractivity contribution is 7.90. The quantitative estimate of drug-likeness (QED) is 0.702. The van der Waals surface area contributed by atoms with Gasteiger partial charge in [-0.3, -0.25) is 9.69 Å². The van der Waals surface area contributed by atoms with Gasteiger partial charge in [0, 0.05) is 63.6 Å². The van der Waals surface area contributed by atoms with Crippen molar-refractivity contribution in [1.29, 1.82) is 0 Å². The second-order valence-corrected chi connectivity index (χ2v) is 11.5. The molecule has 0 saturated carbocycles. The highest BCUT2D eigenvalue weighted by atomic mass is 32.2. The third kappa shape index (κ3) is 4.28. The maximum atomic E-state index is 12.9. The number of Topliss-reactive ketones (excluding diaryl/α,β-unsaturated/α-hetero) is 1. The predicted octanol–water partition coefficient (Wildman–Crippen LogP) is 3.69. The number of benzene rings is 2. The van der Waals surface area contributed by atoms with Gasteiger partial charge in [-0.15, -0.1) is 0 Å². The molecule has 0 aliphatic carbocycles. The molecular formula is C25H30N2O4S. The van der Waals surface area contributed by atoms with Crippen molar-refractivity contribution in [1.82, 2.24) is 4.90 Å². The molecule has 3 aliphatic rings. The lowest BCUT2D eigenvalue weighted by molar-refractivity contribution is -0.0107. The third-order valence-corrected chi connectivity index (χ3v) is 8.20. The Balaban J connectivity index is 1.25. The van der Waals surface area contributed by atoms with Crippen LogP contribution in [0.3, 0.4) is 0 Å². The van der Waals surface area contributed by atoms with E-state index < -0.39 is 15.4 Å². The molecule has 3 heterocycles. The smallest absolute Gasteiger partial charge is 0.175 e. The van der Waals surface area contributed by atoms with E-state index in [1.165, 1.54) is 19.1 Å². The van der Waals surface area contributed by atoms with Gasteiger partial charge in [0.25, 0.3) is 0 Å². The Bertz CT molecular complexity index is 1110. The molecule has 6 nitrogen and oxygen atoms in total. The maximum Gasteiger partial charge on any atom is 0.175 e. The number of carbonyl (C=O) groups excluding carboxylic acids is 1. The molecule has 0 aromatic heterocycles. The minimum Gasteiger partial charge on any atom is -0.486 e. The highest BCUT2D eigenvalue weighted by Crippen LogP contribution is 2.41. The van der Waals surface area contributed by atoms with Crippen LogP contribution < -0.4 is 9.64 Å². The first-order chi connectivity index (χ1) is 15.3. The van der Waals surface area contributed by atoms with Crippen LogP contribution in [0.2, 0.25) is 0 Å². The van der Waals surface area contributed by atoms with Gasteiger partial charge >= 0.3 is 0 Å². The van der Waals surface area contributed by atoms with E-state index in [1.54, 1.807) is 12.1 Å². The Labute approximate surface area is 190 Å². The van der Waals surface area contributed by atoms with Crippen LogP contribution in [0.15, 0.2) is 47.4 Å². The lowest BCUT2D eigenvalue weighted by atomic mass is 9.82. The summed E-state index contributed by atoms with van der Waals surface area (Å²) in [5.74, 6) is 0.930. The van der Waals surface area contributed by atoms with Crippen LogP contribution in [0.1, 0.15) is 48.0 Å². The highest BCUT2D eigenvalue weighted by Gasteiger charge is 2.43. The van der Waals surface area contributed by atoms with Crippen LogP contribution in [-0.4, -0.2) is 57.1 Å². The van der Waals surface area contributed by atoms with E-state index >= 15 is 0 Å². The number of likely N-dealkylation sites (tertiary alicyclic amines) is 1. The largest absolute Gasteiger partial charge is 0.486 e. The fourth-order valence-electron chi connectivity index (χ4n) is 5.15. The summed E-state index contributed by atoms with van der Waals surface area (Å²) in [4.78, 5) is 18.0. The zero-order valence-corrected chi connectivity index (χ0v) is 19.4. The van der Waals surface area contributed by atoms with E-state index in [4.69, 9.17) is 4.74 Å². The number of ether oxygens (including phenoxy) is 1. The van der Waals surface area contributed by atoms with Crippen LogP contribution in [0.25, 0.3) is 0 Å². The number of sulfone groups is 1. The van der Waals surface area contributed by atoms with E-state index in [0.717, 1.165) is 62.6 Å². The number of nitrogens with zero attached hydrogens (tertiary/aromatic N) is 2. The van der Waals surface area contributed by atoms with Crippen molar-refractivity contribution in [2.24, 2.45) is 0 Å². The first kappa shape index (κ1) is 21.5. The topological polar surface area (TPSA) is 66.9 Å². The monoisotopic (exact) mass is 454 g/mol. The van der Waals surface area contributed by atoms with Gasteiger partial charge in [0.1, 0.15) is 11.4 Å². The van der Waals surface area contributed by atoms with Crippen molar-refractivity contribution in [3.63, 3.8) is 0 Å². The minimum absolute atomic E-state index is 0.184. The van der Waals surface area contributed by atoms with E-state index in [9.17, 15) is 13.2 Å². The van der Waals surface area contributed by atoms with Crippen LogP contribution in [0.5, 0.6) is 5.75 Å². The Hall–Kier alpha value is -2.38. The Kier molecular flexibility index (Phi) is 5.50. The van der Waals surface area contributed by atoms with Gasteiger partial charge in [0.2, 0.25) is 0 Å². The van der Waals surface area contributed by atoms with Gasteiger partial charge in [-0.05, 0) is 42.7 Å². The molecular weight excluding hydrogens is 424 g/mol. The molecule has 2 aromatic rings. The number of piperidine rings is 1. The Morgan fingerprint density at radius 3 is 2.31 bits per heavy atom. The summed E-state index contributed by atoms with van der Waals surface area (Å²) in [6.07, 6.45) is 5.73. The van der Waals surface area contributed by atoms with Crippen molar-refractivity contribution in [2.75, 3.05) is 37.3 Å². The van der Waals surface area contributed by atoms with E-state index in [1.807, 2.05) is 18.2 Å². The average Bonchev–Trinajstić information content (AvgIpc) is 3.30. The summed E-state index contributed by atoms with van der Waals surface area (Å²) in [6, 6.07) is 13.2. The summed E-state index contributed by atoms with van der Waals surface area (Å²) in [5, 5.41) is 0. The molecule has 0 unspecified atom stereocenters. The van der Waals surface area contributed by atoms with Crippen molar-refractivity contribution < 1.29 is 17.9 Å². The molecule has 5 rings (SSSR count). The molecule has 3 aliphatic heterocycles. The number of fused-ring (bicyclic) bond motifs is 1. The fraction of sp³-hybridized carbons (Fsp3) is 0.480. The maximum absolute atomic E-state index is 12.9. The number of hydrogen-bond donors (Lipinski definition) is 0. The molecule has 2 fully saturated rings. The first-order valence-electron chi connectivity index (χ1n) is 11.4. The molecule has 2 aromatic carbocycles. The van der Waals surface area contributed by atoms with E-state index in [2.05, 4.69) is 21.9 Å². The second-order valence-electron chi connectivity index (χ2n) is 9.45. The summed E-state index contributed by atoms with van der Waals surface area (Å²) in [6.45, 7) is 4.60. The molecule has 0 atom stereocenters. The molecule has 7 heteroatoms. The normalized spacial score (nSPS) is 20.9. The predicted molar refractivity (Wildman–Crippen MR) is 124 cm³/mol. The number of rotatable bonds is 4. The van der Waals surface area contributed by atoms with Crippen molar-refractivity contribution in [3.05, 3.63) is 53.6 Å². The van der Waals surface area contributed by atoms with E-state index in [0.29, 0.717) is 16.9 Å². The molecule has 2 saturated heterocycles. The average molecular weight is 455 g/mol. The molecule has 170 valence electrons. The minimum atomic E-state index is -3.17. The lowest BCUT2D eigenvalue weighted by Gasteiger charge is -2.44. The summed E-state index contributed by atoms with van der Waals surface area (Å²) in [7, 11) is -3.17. The van der Waals surface area contributed by atoms with E-state index in [-0.39, 0.29) is 5.78 Å². The summed E-state index contributed by atoms with van der Waals surface area (Å²) in [5.41, 5.74) is 2.55. The van der Waals surface area contributed by atoms with Gasteiger partial charge < -0.3 is 9.64 Å². The van der Waals surface area contributed by atoms with Crippen molar-refractivity contribution in [2.45, 2.75) is 49.1 Å². The number of ketones is 1. The number of anilines is 1. The molecule has 0 amide bonds. The second kappa shape index (κ2) is 8.19. The van der Waals surface area contributed by atoms with Gasteiger partial charge in [0.15, 0.2) is 15.6 Å². The summed E-state index contributed by atoms with van der Waals surface area (Å²) >= 11 is 0. The third-order valence-electron chi connectivity index (χ3n) is 7.07. The lowest BCUT2D eigenvalue weighted by Crippen LogP contribution is -2.50. The Morgan fingerprint density at radius 1 is 0.969 bits per heavy atom. The number of hydrogen-bond acceptors (Lipinski definition) is 6. The summed E-state index contributed by atoms with van der Waals surface area (Å²) < 4.78 is 29.9. The van der Waals surface area contributed by atoms with Crippen molar-refractivity contribution in [3.8, 4) is 5.75 Å². The zero-order valence-electron chi connectivity index (χ0n) is 18.5. The number of carbonyl (C=O) groups is 1. The molecule has 0 radical (unpaired) electrons. The standard InChI is InChI=1S/C25H30N2O4S/c1-32(29,30)21-7-4-19(5-8-21)18-26-14-10-25(11-15-26)17-23(28)22-9-6-20(16-24(22)31-25)27-12-2-3-13-27/h4-9,16H,2-3,10-15,17-18H2,1H3. The van der Waals surface area contributed by atoms with Crippen LogP contribution in [-0.2, 0) is 16.4 Å². The molecule has 32 heavy (non-hydrogen) atoms. The molecule has 0 N–H and O–H groups in total. The first-order valence-corrected chi connectivity index (χ1v) is 13.3. The van der Waals surface area contributed by atoms with Crippen LogP contribution in [0, 0.1) is 0 Å². The van der Waals surface area contributed by atoms with Gasteiger partial charge in [-0.25, -0.2) is 8.42 Å². The van der Waals surface area contributed by atoms with Gasteiger partial charge in [0.05, 0.1) is 16.9 Å². The van der Waals surface area contributed by atoms with Crippen molar-refractivity contribution >= 4 is 21.3 Å². The van der Waals surface area contributed by atoms with Crippen LogP contribution >= 0.6 is 0 Å². The fourth-order valence-corrected chi connectivity index (χ4v) is 5.78. The van der Waals surface area contributed by atoms with Crippen LogP contribution in [0.4, 0.5) is 5.69 Å². The Morgan fingerprint density at radius 2 is 1.66 bits per heavy atom. The molecule has 1 spiro atoms. The molecule has 0 bridgehead atoms. The zero-order chi connectivity index (χ0) is 22.3. The van der Waals surface area contributed by atoms with Gasteiger partial charge in [-0.1, -0.05) is 12.1 Å². The van der Waals surface area contributed by atoms with Gasteiger partial charge in [-0.2, -0.15) is 0 Å². The SMILES string of the molecule is CS(=O)(=O)c1ccc(CN2CCC3(CC2)CC(=O)c2ccc(N4CCCC4)cc2O3)cc1.